The van der Waals surface area contributed by atoms with Crippen molar-refractivity contribution in [3.8, 4) is 11.5 Å². The van der Waals surface area contributed by atoms with Crippen LogP contribution in [0.2, 0.25) is 0 Å². The Morgan fingerprint density at radius 1 is 1.13 bits per heavy atom. The Morgan fingerprint density at radius 2 is 1.87 bits per heavy atom. The lowest BCUT2D eigenvalue weighted by molar-refractivity contribution is -0.124. The molecule has 1 aliphatic heterocycles. The molecule has 1 aliphatic rings. The number of halogens is 2. The van der Waals surface area contributed by atoms with Crippen molar-refractivity contribution in [1.29, 1.82) is 0 Å². The zero-order chi connectivity index (χ0) is 22.6. The van der Waals surface area contributed by atoms with Crippen LogP contribution in [0.3, 0.4) is 0 Å². The molecule has 0 aliphatic carbocycles. The molecule has 0 spiro atoms. The quantitative estimate of drug-likeness (QED) is 0.611. The molecule has 1 heterocycles. The third-order valence-electron chi connectivity index (χ3n) is 5.14. The Balaban J connectivity index is 2.06. The molecule has 1 amide bonds. The monoisotopic (exact) mass is 514 g/mol. The second kappa shape index (κ2) is 9.97. The maximum atomic E-state index is 14.1. The van der Waals surface area contributed by atoms with Crippen LogP contribution in [-0.2, 0) is 21.4 Å². The summed E-state index contributed by atoms with van der Waals surface area (Å²) < 4.78 is 53.1. The van der Waals surface area contributed by atoms with Crippen LogP contribution in [0.15, 0.2) is 45.8 Å². The van der Waals surface area contributed by atoms with E-state index in [2.05, 4.69) is 21.2 Å². The molecule has 0 radical (unpaired) electrons. The van der Waals surface area contributed by atoms with Gasteiger partial charge in [-0.2, -0.15) is 4.31 Å². The SMILES string of the molecule is COc1ccc(CN(C2CCCCNC2=O)S(=O)(=O)c2ccc(Br)c(F)c2)cc1OC. The van der Waals surface area contributed by atoms with Gasteiger partial charge < -0.3 is 14.8 Å². The van der Waals surface area contributed by atoms with E-state index in [1.165, 1.54) is 26.4 Å². The Hall–Kier alpha value is -2.17. The lowest BCUT2D eigenvalue weighted by Crippen LogP contribution is -2.48. The van der Waals surface area contributed by atoms with Crippen LogP contribution in [0.1, 0.15) is 24.8 Å². The van der Waals surface area contributed by atoms with Gasteiger partial charge in [0.2, 0.25) is 15.9 Å². The fourth-order valence-electron chi connectivity index (χ4n) is 3.49. The van der Waals surface area contributed by atoms with Gasteiger partial charge >= 0.3 is 0 Å². The zero-order valence-corrected chi connectivity index (χ0v) is 19.6. The lowest BCUT2D eigenvalue weighted by atomic mass is 10.1. The topological polar surface area (TPSA) is 84.9 Å². The maximum Gasteiger partial charge on any atom is 0.244 e. The molecular weight excluding hydrogens is 491 g/mol. The summed E-state index contributed by atoms with van der Waals surface area (Å²) in [7, 11) is -1.19. The molecule has 2 aromatic carbocycles. The van der Waals surface area contributed by atoms with Gasteiger partial charge in [-0.05, 0) is 71.1 Å². The normalized spacial score (nSPS) is 17.2. The molecule has 2 aromatic rings. The summed E-state index contributed by atoms with van der Waals surface area (Å²) in [6.45, 7) is 0.408. The van der Waals surface area contributed by atoms with Crippen molar-refractivity contribution < 1.29 is 27.1 Å². The van der Waals surface area contributed by atoms with Gasteiger partial charge in [0.25, 0.3) is 0 Å². The Bertz CT molecular complexity index is 1060. The van der Waals surface area contributed by atoms with E-state index in [9.17, 15) is 17.6 Å². The van der Waals surface area contributed by atoms with E-state index in [-0.39, 0.29) is 21.8 Å². The summed E-state index contributed by atoms with van der Waals surface area (Å²) in [5.41, 5.74) is 0.607. The molecule has 0 bridgehead atoms. The summed E-state index contributed by atoms with van der Waals surface area (Å²) in [4.78, 5) is 12.5. The molecule has 1 atom stereocenters. The first-order chi connectivity index (χ1) is 14.8. The highest BCUT2D eigenvalue weighted by atomic mass is 79.9. The Morgan fingerprint density at radius 3 is 2.55 bits per heavy atom. The summed E-state index contributed by atoms with van der Waals surface area (Å²) in [6, 6.07) is 7.75. The first kappa shape index (κ1) is 23.5. The van der Waals surface area contributed by atoms with Crippen molar-refractivity contribution in [2.24, 2.45) is 0 Å². The molecule has 0 aromatic heterocycles. The highest BCUT2D eigenvalue weighted by molar-refractivity contribution is 9.10. The van der Waals surface area contributed by atoms with Crippen LogP contribution in [0.4, 0.5) is 4.39 Å². The van der Waals surface area contributed by atoms with Crippen LogP contribution < -0.4 is 14.8 Å². The van der Waals surface area contributed by atoms with E-state index >= 15 is 0 Å². The molecule has 1 fully saturated rings. The number of sulfonamides is 1. The predicted molar refractivity (Wildman–Crippen MR) is 117 cm³/mol. The van der Waals surface area contributed by atoms with Crippen molar-refractivity contribution in [3.05, 3.63) is 52.3 Å². The van der Waals surface area contributed by atoms with Crippen LogP contribution >= 0.6 is 15.9 Å². The van der Waals surface area contributed by atoms with Gasteiger partial charge in [0.1, 0.15) is 11.9 Å². The number of nitrogens with one attached hydrogen (secondary N) is 1. The summed E-state index contributed by atoms with van der Waals surface area (Å²) in [6.07, 6.45) is 1.83. The van der Waals surface area contributed by atoms with Gasteiger partial charge in [0, 0.05) is 13.1 Å². The average Bonchev–Trinajstić information content (AvgIpc) is 2.97. The molecule has 7 nitrogen and oxygen atoms in total. The molecule has 168 valence electrons. The maximum absolute atomic E-state index is 14.1. The number of hydrogen-bond acceptors (Lipinski definition) is 5. The van der Waals surface area contributed by atoms with Crippen LogP contribution in [0, 0.1) is 5.82 Å². The van der Waals surface area contributed by atoms with E-state index in [4.69, 9.17) is 9.47 Å². The Labute approximate surface area is 189 Å². The number of amides is 1. The van der Waals surface area contributed by atoms with Gasteiger partial charge in [-0.25, -0.2) is 12.8 Å². The predicted octanol–water partition coefficient (Wildman–Crippen LogP) is 3.47. The van der Waals surface area contributed by atoms with Gasteiger partial charge in [-0.3, -0.25) is 4.79 Å². The minimum Gasteiger partial charge on any atom is -0.493 e. The minimum atomic E-state index is -4.18. The van der Waals surface area contributed by atoms with E-state index in [1.54, 1.807) is 18.2 Å². The largest absolute Gasteiger partial charge is 0.493 e. The fourth-order valence-corrected chi connectivity index (χ4v) is 5.36. The number of nitrogens with zero attached hydrogens (tertiary/aromatic N) is 1. The molecule has 1 N–H and O–H groups in total. The van der Waals surface area contributed by atoms with Crippen molar-refractivity contribution in [2.45, 2.75) is 36.7 Å². The van der Waals surface area contributed by atoms with Crippen molar-refractivity contribution in [3.63, 3.8) is 0 Å². The molecule has 1 unspecified atom stereocenters. The van der Waals surface area contributed by atoms with Crippen molar-refractivity contribution in [2.75, 3.05) is 20.8 Å². The number of methoxy groups -OCH3 is 2. The number of ether oxygens (including phenoxy) is 2. The fraction of sp³-hybridized carbons (Fsp3) is 0.381. The van der Waals surface area contributed by atoms with Crippen molar-refractivity contribution >= 4 is 31.9 Å². The third-order valence-corrected chi connectivity index (χ3v) is 7.63. The van der Waals surface area contributed by atoms with E-state index in [0.717, 1.165) is 16.8 Å². The number of carbonyl (C=O) groups excluding carboxylic acids is 1. The first-order valence-electron chi connectivity index (χ1n) is 9.73. The third kappa shape index (κ3) is 5.19. The van der Waals surface area contributed by atoms with Crippen LogP contribution in [-0.4, -0.2) is 45.4 Å². The molecule has 1 saturated heterocycles. The summed E-state index contributed by atoms with van der Waals surface area (Å²) >= 11 is 3.04. The van der Waals surface area contributed by atoms with E-state index in [0.29, 0.717) is 36.4 Å². The standard InChI is InChI=1S/C21H24BrFN2O5S/c1-29-19-9-6-14(11-20(19)30-2)13-25(18-5-3-4-10-24-21(18)26)31(27,28)15-7-8-16(22)17(23)12-15/h6-9,11-12,18H,3-5,10,13H2,1-2H3,(H,24,26). The zero-order valence-electron chi connectivity index (χ0n) is 17.2. The van der Waals surface area contributed by atoms with Gasteiger partial charge in [-0.1, -0.05) is 6.07 Å². The van der Waals surface area contributed by atoms with Crippen molar-refractivity contribution in [1.82, 2.24) is 9.62 Å². The number of rotatable bonds is 7. The molecule has 31 heavy (non-hydrogen) atoms. The second-order valence-corrected chi connectivity index (χ2v) is 9.86. The molecule has 0 saturated carbocycles. The first-order valence-corrected chi connectivity index (χ1v) is 12.0. The number of hydrogen-bond donors (Lipinski definition) is 1. The molecule has 10 heteroatoms. The summed E-state index contributed by atoms with van der Waals surface area (Å²) in [5, 5.41) is 2.77. The van der Waals surface area contributed by atoms with Gasteiger partial charge in [0.15, 0.2) is 11.5 Å². The molecule has 3 rings (SSSR count). The highest BCUT2D eigenvalue weighted by Crippen LogP contribution is 2.31. The van der Waals surface area contributed by atoms with Gasteiger partial charge in [-0.15, -0.1) is 0 Å². The Kier molecular flexibility index (Phi) is 7.55. The van der Waals surface area contributed by atoms with E-state index < -0.39 is 21.9 Å². The van der Waals surface area contributed by atoms with Crippen LogP contribution in [0.25, 0.3) is 0 Å². The second-order valence-electron chi connectivity index (χ2n) is 7.12. The average molecular weight is 515 g/mol. The molecular formula is C21H24BrFN2O5S. The van der Waals surface area contributed by atoms with E-state index in [1.807, 2.05) is 0 Å². The minimum absolute atomic E-state index is 0.0849. The van der Waals surface area contributed by atoms with Gasteiger partial charge in [0.05, 0.1) is 23.6 Å². The lowest BCUT2D eigenvalue weighted by Gasteiger charge is -2.29. The van der Waals surface area contributed by atoms with Crippen LogP contribution in [0.5, 0.6) is 11.5 Å². The number of benzene rings is 2. The number of carbonyl (C=O) groups is 1. The smallest absolute Gasteiger partial charge is 0.244 e. The summed E-state index contributed by atoms with van der Waals surface area (Å²) in [5.74, 6) is -0.114. The highest BCUT2D eigenvalue weighted by Gasteiger charge is 2.37.